The highest BCUT2D eigenvalue weighted by Gasteiger charge is 2.31. The molecule has 1 heterocycles. The minimum absolute atomic E-state index is 0.366. The number of likely N-dealkylation sites (tertiary alicyclic amines) is 1. The predicted octanol–water partition coefficient (Wildman–Crippen LogP) is 0.997. The number of hydrogen-bond acceptors (Lipinski definition) is 2. The third-order valence-corrected chi connectivity index (χ3v) is 3.60. The van der Waals surface area contributed by atoms with Gasteiger partial charge in [0.05, 0.1) is 0 Å². The van der Waals surface area contributed by atoms with Gasteiger partial charge in [0.1, 0.15) is 0 Å². The van der Waals surface area contributed by atoms with Crippen molar-refractivity contribution in [2.75, 3.05) is 20.1 Å². The first-order chi connectivity index (χ1) is 6.81. The third kappa shape index (κ3) is 1.92. The summed E-state index contributed by atoms with van der Waals surface area (Å²) in [6.45, 7) is 1.90. The lowest BCUT2D eigenvalue weighted by molar-refractivity contribution is -0.139. The van der Waals surface area contributed by atoms with Crippen LogP contribution < -0.4 is 5.32 Å². The van der Waals surface area contributed by atoms with E-state index < -0.39 is 0 Å². The number of amides is 1. The van der Waals surface area contributed by atoms with E-state index in [1.54, 1.807) is 0 Å². The van der Waals surface area contributed by atoms with E-state index in [0.717, 1.165) is 32.4 Å². The van der Waals surface area contributed by atoms with Crippen LogP contribution in [0, 0.1) is 5.92 Å². The van der Waals surface area contributed by atoms with Gasteiger partial charge in [-0.3, -0.25) is 4.79 Å². The van der Waals surface area contributed by atoms with Crippen molar-refractivity contribution in [1.29, 1.82) is 0 Å². The summed E-state index contributed by atoms with van der Waals surface area (Å²) in [5, 5.41) is 3.27. The van der Waals surface area contributed by atoms with Crippen LogP contribution in [0.4, 0.5) is 0 Å². The lowest BCUT2D eigenvalue weighted by Gasteiger charge is -2.37. The van der Waals surface area contributed by atoms with Gasteiger partial charge in [0.2, 0.25) is 5.91 Å². The molecule has 0 bridgehead atoms. The average molecular weight is 196 g/mol. The standard InChI is InChI=1S/C11H20N2O/c1-12-10-6-3-7-13(8-10)11(14)9-4-2-5-9/h9-10,12H,2-8H2,1H3/t10-/m0/s1. The molecule has 0 aromatic heterocycles. The number of rotatable bonds is 2. The molecule has 14 heavy (non-hydrogen) atoms. The van der Waals surface area contributed by atoms with Gasteiger partial charge in [-0.2, -0.15) is 0 Å². The van der Waals surface area contributed by atoms with Crippen molar-refractivity contribution < 1.29 is 4.79 Å². The van der Waals surface area contributed by atoms with E-state index in [9.17, 15) is 4.79 Å². The summed E-state index contributed by atoms with van der Waals surface area (Å²) in [5.74, 6) is 0.779. The Morgan fingerprint density at radius 3 is 2.64 bits per heavy atom. The smallest absolute Gasteiger partial charge is 0.225 e. The van der Waals surface area contributed by atoms with E-state index in [4.69, 9.17) is 0 Å². The van der Waals surface area contributed by atoms with Gasteiger partial charge in [-0.25, -0.2) is 0 Å². The molecule has 0 aromatic rings. The van der Waals surface area contributed by atoms with Crippen LogP contribution in [0.5, 0.6) is 0 Å². The second kappa shape index (κ2) is 4.30. The Morgan fingerprint density at radius 1 is 1.29 bits per heavy atom. The number of piperidine rings is 1. The molecule has 1 aliphatic heterocycles. The van der Waals surface area contributed by atoms with E-state index in [-0.39, 0.29) is 0 Å². The van der Waals surface area contributed by atoms with Crippen LogP contribution >= 0.6 is 0 Å². The number of nitrogens with one attached hydrogen (secondary N) is 1. The monoisotopic (exact) mass is 196 g/mol. The van der Waals surface area contributed by atoms with Crippen LogP contribution in [0.1, 0.15) is 32.1 Å². The van der Waals surface area contributed by atoms with Gasteiger partial charge in [0.15, 0.2) is 0 Å². The van der Waals surface area contributed by atoms with Crippen molar-refractivity contribution in [3.8, 4) is 0 Å². The van der Waals surface area contributed by atoms with Crippen LogP contribution in [0.3, 0.4) is 0 Å². The Labute approximate surface area is 85.8 Å². The molecule has 2 fully saturated rings. The Balaban J connectivity index is 1.86. The number of likely N-dealkylation sites (N-methyl/N-ethyl adjacent to an activating group) is 1. The quantitative estimate of drug-likeness (QED) is 0.714. The Kier molecular flexibility index (Phi) is 3.06. The molecule has 2 rings (SSSR count). The normalized spacial score (nSPS) is 28.6. The number of carbonyl (C=O) groups is 1. The average Bonchev–Trinajstić information content (AvgIpc) is 2.15. The van der Waals surface area contributed by atoms with Gasteiger partial charge in [0.25, 0.3) is 0 Å². The van der Waals surface area contributed by atoms with Gasteiger partial charge < -0.3 is 10.2 Å². The van der Waals surface area contributed by atoms with Crippen molar-refractivity contribution in [3.63, 3.8) is 0 Å². The molecule has 0 unspecified atom stereocenters. The Bertz CT molecular complexity index is 213. The molecule has 1 saturated carbocycles. The summed E-state index contributed by atoms with van der Waals surface area (Å²) in [7, 11) is 1.99. The minimum atomic E-state index is 0.366. The zero-order chi connectivity index (χ0) is 9.97. The summed E-state index contributed by atoms with van der Waals surface area (Å²) in [6, 6.07) is 0.521. The van der Waals surface area contributed by atoms with E-state index >= 15 is 0 Å². The first-order valence-corrected chi connectivity index (χ1v) is 5.77. The molecule has 0 spiro atoms. The molecule has 1 amide bonds. The van der Waals surface area contributed by atoms with Crippen molar-refractivity contribution in [2.45, 2.75) is 38.1 Å². The number of carbonyl (C=O) groups excluding carboxylic acids is 1. The lowest BCUT2D eigenvalue weighted by atomic mass is 9.84. The largest absolute Gasteiger partial charge is 0.341 e. The third-order valence-electron chi connectivity index (χ3n) is 3.60. The maximum atomic E-state index is 11.9. The van der Waals surface area contributed by atoms with Crippen LogP contribution in [0.2, 0.25) is 0 Å². The van der Waals surface area contributed by atoms with E-state index in [1.165, 1.54) is 12.8 Å². The molecule has 1 aliphatic carbocycles. The summed E-state index contributed by atoms with van der Waals surface area (Å²) >= 11 is 0. The molecule has 3 nitrogen and oxygen atoms in total. The van der Waals surface area contributed by atoms with Crippen LogP contribution in [0.25, 0.3) is 0 Å². The molecule has 1 saturated heterocycles. The highest BCUT2D eigenvalue weighted by Crippen LogP contribution is 2.29. The van der Waals surface area contributed by atoms with E-state index in [0.29, 0.717) is 17.9 Å². The fourth-order valence-electron chi connectivity index (χ4n) is 2.33. The fraction of sp³-hybridized carbons (Fsp3) is 0.909. The first-order valence-electron chi connectivity index (χ1n) is 5.77. The summed E-state index contributed by atoms with van der Waals surface area (Å²) < 4.78 is 0. The van der Waals surface area contributed by atoms with Gasteiger partial charge >= 0.3 is 0 Å². The second-order valence-corrected chi connectivity index (χ2v) is 4.54. The van der Waals surface area contributed by atoms with Gasteiger partial charge in [-0.1, -0.05) is 6.42 Å². The maximum Gasteiger partial charge on any atom is 0.225 e. The molecular formula is C11H20N2O. The maximum absolute atomic E-state index is 11.9. The summed E-state index contributed by atoms with van der Waals surface area (Å²) in [5.41, 5.74) is 0. The highest BCUT2D eigenvalue weighted by molar-refractivity contribution is 5.79. The van der Waals surface area contributed by atoms with Crippen molar-refractivity contribution in [3.05, 3.63) is 0 Å². The SMILES string of the molecule is CN[C@H]1CCCN(C(=O)C2CCC2)C1. The molecule has 0 aromatic carbocycles. The van der Waals surface area contributed by atoms with Gasteiger partial charge in [0, 0.05) is 25.0 Å². The Morgan fingerprint density at radius 2 is 2.07 bits per heavy atom. The zero-order valence-electron chi connectivity index (χ0n) is 8.96. The van der Waals surface area contributed by atoms with Gasteiger partial charge in [-0.15, -0.1) is 0 Å². The lowest BCUT2D eigenvalue weighted by Crippen LogP contribution is -2.49. The van der Waals surface area contributed by atoms with Gasteiger partial charge in [-0.05, 0) is 32.7 Å². The topological polar surface area (TPSA) is 32.3 Å². The number of hydrogen-bond donors (Lipinski definition) is 1. The van der Waals surface area contributed by atoms with E-state index in [2.05, 4.69) is 10.2 Å². The first kappa shape index (κ1) is 9.97. The fourth-order valence-corrected chi connectivity index (χ4v) is 2.33. The Hall–Kier alpha value is -0.570. The van der Waals surface area contributed by atoms with Crippen LogP contribution in [-0.4, -0.2) is 37.0 Å². The van der Waals surface area contributed by atoms with Crippen LogP contribution in [0.15, 0.2) is 0 Å². The summed E-state index contributed by atoms with van der Waals surface area (Å²) in [4.78, 5) is 14.0. The molecule has 80 valence electrons. The van der Waals surface area contributed by atoms with Crippen molar-refractivity contribution >= 4 is 5.91 Å². The molecule has 1 atom stereocenters. The van der Waals surface area contributed by atoms with E-state index in [1.807, 2.05) is 7.05 Å². The molecule has 2 aliphatic rings. The molecule has 0 radical (unpaired) electrons. The molecule has 3 heteroatoms. The van der Waals surface area contributed by atoms with Crippen LogP contribution in [-0.2, 0) is 4.79 Å². The summed E-state index contributed by atoms with van der Waals surface area (Å²) in [6.07, 6.45) is 5.87. The molecular weight excluding hydrogens is 176 g/mol. The van der Waals surface area contributed by atoms with Crippen molar-refractivity contribution in [2.24, 2.45) is 5.92 Å². The predicted molar refractivity (Wildman–Crippen MR) is 56.0 cm³/mol. The van der Waals surface area contributed by atoms with Crippen molar-refractivity contribution in [1.82, 2.24) is 10.2 Å². The zero-order valence-corrected chi connectivity index (χ0v) is 8.96. The molecule has 1 N–H and O–H groups in total. The second-order valence-electron chi connectivity index (χ2n) is 4.54. The minimum Gasteiger partial charge on any atom is -0.341 e. The highest BCUT2D eigenvalue weighted by atomic mass is 16.2. The number of nitrogens with zero attached hydrogens (tertiary/aromatic N) is 1.